The molecule has 134 valence electrons. The minimum atomic E-state index is -3.99. The lowest BCUT2D eigenvalue weighted by Crippen LogP contribution is -2.55. The van der Waals surface area contributed by atoms with Crippen LogP contribution in [0.25, 0.3) is 0 Å². The van der Waals surface area contributed by atoms with E-state index in [0.29, 0.717) is 0 Å². The van der Waals surface area contributed by atoms with Gasteiger partial charge in [-0.3, -0.25) is 4.79 Å². The van der Waals surface area contributed by atoms with Gasteiger partial charge >= 0.3 is 0 Å². The molecule has 24 heavy (non-hydrogen) atoms. The number of rotatable bonds is 6. The van der Waals surface area contributed by atoms with Gasteiger partial charge in [0.1, 0.15) is 5.82 Å². The van der Waals surface area contributed by atoms with Gasteiger partial charge in [-0.2, -0.15) is 4.31 Å². The van der Waals surface area contributed by atoms with Crippen molar-refractivity contribution in [2.75, 3.05) is 33.4 Å². The second-order valence-electron chi connectivity index (χ2n) is 5.61. The Morgan fingerprint density at radius 1 is 1.38 bits per heavy atom. The Kier molecular flexibility index (Phi) is 5.89. The highest BCUT2D eigenvalue weighted by Crippen LogP contribution is 2.29. The molecule has 1 unspecified atom stereocenters. The summed E-state index contributed by atoms with van der Waals surface area (Å²) in [5, 5.41) is 2.40. The molecular formula is C15H20F2N2O4S. The largest absolute Gasteiger partial charge is 0.383 e. The van der Waals surface area contributed by atoms with Gasteiger partial charge in [-0.15, -0.1) is 0 Å². The van der Waals surface area contributed by atoms with Crippen molar-refractivity contribution in [3.8, 4) is 0 Å². The van der Waals surface area contributed by atoms with Gasteiger partial charge in [0.2, 0.25) is 15.7 Å². The molecule has 1 amide bonds. The maximum absolute atomic E-state index is 14.9. The summed E-state index contributed by atoms with van der Waals surface area (Å²) in [6, 6.07) is 4.30. The summed E-state index contributed by atoms with van der Waals surface area (Å²) in [6.07, 6.45) is 0.163. The molecule has 1 N–H and O–H groups in total. The normalized spacial score (nSPS) is 22.3. The zero-order valence-corrected chi connectivity index (χ0v) is 14.1. The van der Waals surface area contributed by atoms with E-state index in [1.165, 1.54) is 7.11 Å². The molecule has 0 bridgehead atoms. The zero-order valence-electron chi connectivity index (χ0n) is 13.3. The van der Waals surface area contributed by atoms with Gasteiger partial charge in [-0.1, -0.05) is 0 Å². The van der Waals surface area contributed by atoms with Crippen LogP contribution in [0, 0.1) is 5.82 Å². The van der Waals surface area contributed by atoms with E-state index < -0.39 is 34.0 Å². The molecule has 0 spiro atoms. The second kappa shape index (κ2) is 7.54. The van der Waals surface area contributed by atoms with Gasteiger partial charge in [-0.05, 0) is 37.1 Å². The van der Waals surface area contributed by atoms with Crippen LogP contribution in [0.5, 0.6) is 0 Å². The van der Waals surface area contributed by atoms with E-state index in [9.17, 15) is 22.0 Å². The molecule has 2 rings (SSSR count). The highest BCUT2D eigenvalue weighted by molar-refractivity contribution is 7.89. The fourth-order valence-corrected chi connectivity index (χ4v) is 4.07. The summed E-state index contributed by atoms with van der Waals surface area (Å²) >= 11 is 0. The Hall–Kier alpha value is -1.58. The Balaban J connectivity index is 2.14. The number of carbonyl (C=O) groups is 1. The Morgan fingerprint density at radius 2 is 2.04 bits per heavy atom. The first-order valence-corrected chi connectivity index (χ1v) is 8.95. The molecule has 0 aromatic heterocycles. The van der Waals surface area contributed by atoms with E-state index in [2.05, 4.69) is 5.32 Å². The highest BCUT2D eigenvalue weighted by Gasteiger charge is 2.45. The molecule has 0 aliphatic carbocycles. The number of nitrogens with zero attached hydrogens (tertiary/aromatic N) is 1. The minimum Gasteiger partial charge on any atom is -0.383 e. The molecule has 1 saturated heterocycles. The number of ether oxygens (including phenoxy) is 1. The quantitative estimate of drug-likeness (QED) is 0.769. The van der Waals surface area contributed by atoms with Crippen molar-refractivity contribution in [2.45, 2.75) is 23.4 Å². The van der Waals surface area contributed by atoms with Gasteiger partial charge in [-0.25, -0.2) is 17.2 Å². The number of benzene rings is 1. The Bertz CT molecular complexity index is 681. The third-order valence-corrected chi connectivity index (χ3v) is 5.72. The zero-order chi connectivity index (χ0) is 17.8. The third-order valence-electron chi connectivity index (χ3n) is 3.86. The van der Waals surface area contributed by atoms with E-state index in [1.54, 1.807) is 0 Å². The molecule has 1 aliphatic heterocycles. The fraction of sp³-hybridized carbons (Fsp3) is 0.533. The van der Waals surface area contributed by atoms with Crippen LogP contribution in [0.3, 0.4) is 0 Å². The monoisotopic (exact) mass is 362 g/mol. The first kappa shape index (κ1) is 18.8. The van der Waals surface area contributed by atoms with Gasteiger partial charge in [0.05, 0.1) is 18.0 Å². The van der Waals surface area contributed by atoms with E-state index in [-0.39, 0.29) is 37.4 Å². The van der Waals surface area contributed by atoms with Gasteiger partial charge in [0.15, 0.2) is 0 Å². The highest BCUT2D eigenvalue weighted by atomic mass is 32.2. The van der Waals surface area contributed by atoms with Crippen molar-refractivity contribution in [3.63, 3.8) is 0 Å². The third kappa shape index (κ3) is 4.08. The number of sulfonamides is 1. The average molecular weight is 362 g/mol. The van der Waals surface area contributed by atoms with Crippen molar-refractivity contribution in [1.29, 1.82) is 0 Å². The van der Waals surface area contributed by atoms with Crippen LogP contribution >= 0.6 is 0 Å². The molecule has 0 radical (unpaired) electrons. The minimum absolute atomic E-state index is 0.0543. The fourth-order valence-electron chi connectivity index (χ4n) is 2.54. The number of halogens is 2. The molecule has 9 heteroatoms. The van der Waals surface area contributed by atoms with Gasteiger partial charge in [0, 0.05) is 20.2 Å². The standard InChI is InChI=1S/C15H20F2N2O4S/c1-23-10-8-18-14(20)15(17)7-2-9-19(11-15)24(21,22)13-5-3-12(16)4-6-13/h3-6H,2,7-11H2,1H3,(H,18,20). The topological polar surface area (TPSA) is 75.7 Å². The van der Waals surface area contributed by atoms with E-state index in [4.69, 9.17) is 4.74 Å². The lowest BCUT2D eigenvalue weighted by Gasteiger charge is -2.35. The predicted molar refractivity (Wildman–Crippen MR) is 83.1 cm³/mol. The molecule has 1 heterocycles. The number of piperidine rings is 1. The van der Waals surface area contributed by atoms with Crippen molar-refractivity contribution in [2.24, 2.45) is 0 Å². The number of hydrogen-bond donors (Lipinski definition) is 1. The maximum atomic E-state index is 14.9. The van der Waals surface area contributed by atoms with Crippen molar-refractivity contribution in [3.05, 3.63) is 30.1 Å². The van der Waals surface area contributed by atoms with Crippen LogP contribution in [0.15, 0.2) is 29.2 Å². The summed E-state index contributed by atoms with van der Waals surface area (Å²) < 4.78 is 58.7. The Labute approximate surface area is 139 Å². The van der Waals surface area contributed by atoms with Crippen LogP contribution in [-0.4, -0.2) is 57.6 Å². The number of carbonyl (C=O) groups excluding carboxylic acids is 1. The lowest BCUT2D eigenvalue weighted by atomic mass is 9.95. The predicted octanol–water partition coefficient (Wildman–Crippen LogP) is 1.08. The molecule has 1 atom stereocenters. The summed E-state index contributed by atoms with van der Waals surface area (Å²) in [5.74, 6) is -1.41. The molecular weight excluding hydrogens is 342 g/mol. The van der Waals surface area contributed by atoms with E-state index >= 15 is 0 Å². The van der Waals surface area contributed by atoms with Crippen molar-refractivity contribution in [1.82, 2.24) is 9.62 Å². The molecule has 1 aliphatic rings. The van der Waals surface area contributed by atoms with Gasteiger partial charge in [0.25, 0.3) is 5.91 Å². The maximum Gasteiger partial charge on any atom is 0.259 e. The summed E-state index contributed by atoms with van der Waals surface area (Å²) in [6.45, 7) is -0.0760. The average Bonchev–Trinajstić information content (AvgIpc) is 2.55. The summed E-state index contributed by atoms with van der Waals surface area (Å²) in [4.78, 5) is 11.9. The first-order valence-electron chi connectivity index (χ1n) is 7.51. The number of alkyl halides is 1. The summed E-state index contributed by atoms with van der Waals surface area (Å²) in [7, 11) is -2.53. The molecule has 0 saturated carbocycles. The second-order valence-corrected chi connectivity index (χ2v) is 7.55. The number of methoxy groups -OCH3 is 1. The number of hydrogen-bond acceptors (Lipinski definition) is 4. The number of nitrogens with one attached hydrogen (secondary N) is 1. The van der Waals surface area contributed by atoms with Gasteiger partial charge < -0.3 is 10.1 Å². The van der Waals surface area contributed by atoms with Crippen LogP contribution in [0.2, 0.25) is 0 Å². The molecule has 6 nitrogen and oxygen atoms in total. The van der Waals surface area contributed by atoms with Crippen LogP contribution in [0.4, 0.5) is 8.78 Å². The number of amides is 1. The molecule has 1 aromatic carbocycles. The van der Waals surface area contributed by atoms with Crippen molar-refractivity contribution >= 4 is 15.9 Å². The van der Waals surface area contributed by atoms with Crippen LogP contribution in [-0.2, 0) is 19.6 Å². The van der Waals surface area contributed by atoms with Crippen LogP contribution in [0.1, 0.15) is 12.8 Å². The first-order chi connectivity index (χ1) is 11.3. The van der Waals surface area contributed by atoms with Crippen molar-refractivity contribution < 1.29 is 26.7 Å². The Morgan fingerprint density at radius 3 is 2.67 bits per heavy atom. The van der Waals surface area contributed by atoms with E-state index in [0.717, 1.165) is 28.6 Å². The smallest absolute Gasteiger partial charge is 0.259 e. The van der Waals surface area contributed by atoms with Crippen LogP contribution < -0.4 is 5.32 Å². The molecule has 1 aromatic rings. The summed E-state index contributed by atoms with van der Waals surface area (Å²) in [5.41, 5.74) is -2.29. The lowest BCUT2D eigenvalue weighted by molar-refractivity contribution is -0.135. The SMILES string of the molecule is COCCNC(=O)C1(F)CCCN(S(=O)(=O)c2ccc(F)cc2)C1. The molecule has 1 fully saturated rings. The van der Waals surface area contributed by atoms with E-state index in [1.807, 2.05) is 0 Å².